The Kier molecular flexibility index (Phi) is 4.57. The number of aromatic nitrogens is 3. The topological polar surface area (TPSA) is 119 Å². The normalized spacial score (nSPS) is 10.5. The molecule has 0 aliphatic carbocycles. The molecule has 0 radical (unpaired) electrons. The molecule has 9 nitrogen and oxygen atoms in total. The lowest BCUT2D eigenvalue weighted by Crippen LogP contribution is -2.06. The van der Waals surface area contributed by atoms with Gasteiger partial charge in [0.05, 0.1) is 10.6 Å². The molecule has 0 atom stereocenters. The Hall–Kier alpha value is -3.08. The molecular formula is C14H10BrFN6O3. The van der Waals surface area contributed by atoms with Gasteiger partial charge in [0.25, 0.3) is 0 Å². The van der Waals surface area contributed by atoms with E-state index in [0.29, 0.717) is 10.2 Å². The second kappa shape index (κ2) is 6.81. The molecule has 0 aliphatic rings. The van der Waals surface area contributed by atoms with Gasteiger partial charge in [0.15, 0.2) is 5.82 Å². The van der Waals surface area contributed by atoms with Crippen LogP contribution >= 0.6 is 15.9 Å². The summed E-state index contributed by atoms with van der Waals surface area (Å²) in [5, 5.41) is 20.5. The van der Waals surface area contributed by atoms with Crippen LogP contribution in [0.2, 0.25) is 0 Å². The number of halogens is 2. The predicted octanol–water partition coefficient (Wildman–Crippen LogP) is 4.07. The van der Waals surface area contributed by atoms with E-state index in [1.54, 1.807) is 19.1 Å². The fourth-order valence-corrected chi connectivity index (χ4v) is 2.33. The maximum Gasteiger partial charge on any atom is 0.353 e. The van der Waals surface area contributed by atoms with Crippen LogP contribution in [0, 0.1) is 22.9 Å². The van der Waals surface area contributed by atoms with Gasteiger partial charge in [-0.15, -0.1) is 0 Å². The molecule has 3 rings (SSSR count). The first-order chi connectivity index (χ1) is 11.9. The zero-order valence-corrected chi connectivity index (χ0v) is 14.2. The van der Waals surface area contributed by atoms with E-state index >= 15 is 0 Å². The lowest BCUT2D eigenvalue weighted by Gasteiger charge is -2.09. The maximum atomic E-state index is 14.0. The SMILES string of the molecule is Cc1cc(Nc2ncnc(Nc3ccc(Br)cc3F)c2[N+](=O)[O-])no1. The molecule has 0 bridgehead atoms. The minimum atomic E-state index is -0.672. The minimum Gasteiger partial charge on any atom is -0.360 e. The largest absolute Gasteiger partial charge is 0.360 e. The van der Waals surface area contributed by atoms with E-state index in [2.05, 4.69) is 41.7 Å². The highest BCUT2D eigenvalue weighted by atomic mass is 79.9. The van der Waals surface area contributed by atoms with E-state index in [9.17, 15) is 14.5 Å². The molecular weight excluding hydrogens is 399 g/mol. The quantitative estimate of drug-likeness (QED) is 0.478. The summed E-state index contributed by atoms with van der Waals surface area (Å²) in [5.41, 5.74) is -0.418. The average Bonchev–Trinajstić information content (AvgIpc) is 2.95. The molecule has 11 heteroatoms. The number of hydrogen-bond donors (Lipinski definition) is 2. The summed E-state index contributed by atoms with van der Waals surface area (Å²) < 4.78 is 19.4. The van der Waals surface area contributed by atoms with Crippen LogP contribution in [-0.4, -0.2) is 20.0 Å². The molecule has 2 N–H and O–H groups in total. The molecule has 0 fully saturated rings. The summed E-state index contributed by atoms with van der Waals surface area (Å²) in [4.78, 5) is 18.5. The summed E-state index contributed by atoms with van der Waals surface area (Å²) >= 11 is 3.14. The molecule has 128 valence electrons. The van der Waals surface area contributed by atoms with Crippen LogP contribution < -0.4 is 10.6 Å². The second-order valence-electron chi connectivity index (χ2n) is 4.87. The first kappa shape index (κ1) is 16.8. The fourth-order valence-electron chi connectivity index (χ4n) is 2.00. The van der Waals surface area contributed by atoms with Gasteiger partial charge >= 0.3 is 5.69 Å². The van der Waals surface area contributed by atoms with E-state index in [4.69, 9.17) is 4.52 Å². The van der Waals surface area contributed by atoms with Crippen LogP contribution in [0.15, 0.2) is 39.6 Å². The van der Waals surface area contributed by atoms with Gasteiger partial charge in [-0.2, -0.15) is 0 Å². The van der Waals surface area contributed by atoms with Gasteiger partial charge in [0.2, 0.25) is 11.6 Å². The molecule has 0 saturated carbocycles. The van der Waals surface area contributed by atoms with Crippen LogP contribution in [0.4, 0.5) is 33.2 Å². The lowest BCUT2D eigenvalue weighted by molar-refractivity contribution is -0.383. The van der Waals surface area contributed by atoms with E-state index in [1.165, 1.54) is 12.1 Å². The first-order valence-electron chi connectivity index (χ1n) is 6.86. The third-order valence-corrected chi connectivity index (χ3v) is 3.56. The number of aryl methyl sites for hydroxylation is 1. The average molecular weight is 409 g/mol. The van der Waals surface area contributed by atoms with Gasteiger partial charge < -0.3 is 15.2 Å². The Bertz CT molecular complexity index is 948. The zero-order chi connectivity index (χ0) is 18.0. The molecule has 25 heavy (non-hydrogen) atoms. The first-order valence-corrected chi connectivity index (χ1v) is 7.65. The van der Waals surface area contributed by atoms with Crippen LogP contribution in [0.3, 0.4) is 0 Å². The van der Waals surface area contributed by atoms with Gasteiger partial charge in [0, 0.05) is 10.5 Å². The summed E-state index contributed by atoms with van der Waals surface area (Å²) in [6.07, 6.45) is 1.11. The van der Waals surface area contributed by atoms with Crippen LogP contribution in [0.5, 0.6) is 0 Å². The Labute approximate surface area is 148 Å². The predicted molar refractivity (Wildman–Crippen MR) is 90.6 cm³/mol. The van der Waals surface area contributed by atoms with Crippen molar-refractivity contribution in [1.82, 2.24) is 15.1 Å². The van der Waals surface area contributed by atoms with E-state index in [1.807, 2.05) is 0 Å². The fraction of sp³-hybridized carbons (Fsp3) is 0.0714. The van der Waals surface area contributed by atoms with Crippen molar-refractivity contribution in [2.75, 3.05) is 10.6 Å². The Morgan fingerprint density at radius 2 is 1.96 bits per heavy atom. The summed E-state index contributed by atoms with van der Waals surface area (Å²) in [5.74, 6) is -0.0873. The molecule has 0 aliphatic heterocycles. The van der Waals surface area contributed by atoms with E-state index in [0.717, 1.165) is 6.33 Å². The Morgan fingerprint density at radius 3 is 2.56 bits per heavy atom. The smallest absolute Gasteiger partial charge is 0.353 e. The van der Waals surface area contributed by atoms with Gasteiger partial charge in [-0.05, 0) is 25.1 Å². The van der Waals surface area contributed by atoms with Gasteiger partial charge in [-0.25, -0.2) is 14.4 Å². The summed E-state index contributed by atoms with van der Waals surface area (Å²) in [6.45, 7) is 1.68. The van der Waals surface area contributed by atoms with Crippen LogP contribution in [0.25, 0.3) is 0 Å². The highest BCUT2D eigenvalue weighted by molar-refractivity contribution is 9.10. The highest BCUT2D eigenvalue weighted by Gasteiger charge is 2.24. The van der Waals surface area contributed by atoms with Crippen LogP contribution in [0.1, 0.15) is 5.76 Å². The summed E-state index contributed by atoms with van der Waals surface area (Å²) in [7, 11) is 0. The number of rotatable bonds is 5. The number of benzene rings is 1. The van der Waals surface area contributed by atoms with Crippen molar-refractivity contribution in [3.05, 3.63) is 56.8 Å². The monoisotopic (exact) mass is 408 g/mol. The number of anilines is 4. The molecule has 2 aromatic heterocycles. The lowest BCUT2D eigenvalue weighted by atomic mass is 10.3. The van der Waals surface area contributed by atoms with Crippen molar-refractivity contribution in [1.29, 1.82) is 0 Å². The van der Waals surface area contributed by atoms with E-state index in [-0.39, 0.29) is 23.1 Å². The van der Waals surface area contributed by atoms with Crippen molar-refractivity contribution < 1.29 is 13.8 Å². The molecule has 0 spiro atoms. The second-order valence-corrected chi connectivity index (χ2v) is 5.79. The third kappa shape index (κ3) is 3.71. The standard InChI is InChI=1S/C14H10BrFN6O3/c1-7-4-11(21-25-7)20-14-12(22(23)24)13(17-6-18-14)19-10-3-2-8(15)5-9(10)16/h2-6H,1H3,(H2,17,18,19,20,21). The number of nitro groups is 1. The molecule has 2 heterocycles. The maximum absolute atomic E-state index is 14.0. The molecule has 0 unspecified atom stereocenters. The van der Waals surface area contributed by atoms with Gasteiger partial charge in [-0.3, -0.25) is 10.1 Å². The van der Waals surface area contributed by atoms with Crippen LogP contribution in [-0.2, 0) is 0 Å². The number of nitrogens with one attached hydrogen (secondary N) is 2. The highest BCUT2D eigenvalue weighted by Crippen LogP contribution is 2.33. The van der Waals surface area contributed by atoms with Gasteiger partial charge in [-0.1, -0.05) is 21.1 Å². The van der Waals surface area contributed by atoms with E-state index < -0.39 is 16.4 Å². The van der Waals surface area contributed by atoms with Crippen molar-refractivity contribution in [2.45, 2.75) is 6.92 Å². The molecule has 1 aromatic carbocycles. The number of hydrogen-bond acceptors (Lipinski definition) is 8. The van der Waals surface area contributed by atoms with Crippen molar-refractivity contribution in [2.24, 2.45) is 0 Å². The minimum absolute atomic E-state index is 0.0354. The molecule has 0 amide bonds. The van der Waals surface area contributed by atoms with Gasteiger partial charge in [0.1, 0.15) is 17.9 Å². The third-order valence-electron chi connectivity index (χ3n) is 3.06. The molecule has 3 aromatic rings. The Morgan fingerprint density at radius 1 is 1.24 bits per heavy atom. The zero-order valence-electron chi connectivity index (χ0n) is 12.7. The summed E-state index contributed by atoms with van der Waals surface area (Å²) in [6, 6.07) is 5.80. The van der Waals surface area contributed by atoms with Crippen molar-refractivity contribution in [3.8, 4) is 0 Å². The molecule has 0 saturated heterocycles. The number of nitrogens with zero attached hydrogens (tertiary/aromatic N) is 4. The Balaban J connectivity index is 1.98. The van der Waals surface area contributed by atoms with Crippen molar-refractivity contribution >= 4 is 44.8 Å². The van der Waals surface area contributed by atoms with Crippen molar-refractivity contribution in [3.63, 3.8) is 0 Å².